The van der Waals surface area contributed by atoms with Crippen LogP contribution >= 0.6 is 11.6 Å². The molecule has 32 heavy (non-hydrogen) atoms. The van der Waals surface area contributed by atoms with Crippen LogP contribution in [-0.4, -0.2) is 15.1 Å². The monoisotopic (exact) mass is 446 g/mol. The molecule has 4 nitrogen and oxygen atoms in total. The molecule has 2 heterocycles. The third-order valence-corrected chi connectivity index (χ3v) is 5.30. The highest BCUT2D eigenvalue weighted by Gasteiger charge is 2.07. The summed E-state index contributed by atoms with van der Waals surface area (Å²) in [5.74, 6) is 1.44. The fourth-order valence-electron chi connectivity index (χ4n) is 3.22. The van der Waals surface area contributed by atoms with E-state index in [0.29, 0.717) is 17.5 Å². The first kappa shape index (κ1) is 23.3. The summed E-state index contributed by atoms with van der Waals surface area (Å²) >= 11 is 5.85. The second kappa shape index (κ2) is 10.8. The van der Waals surface area contributed by atoms with Gasteiger partial charge in [-0.15, -0.1) is 0 Å². The van der Waals surface area contributed by atoms with Crippen molar-refractivity contribution in [2.75, 3.05) is 0 Å². The van der Waals surface area contributed by atoms with Gasteiger partial charge >= 0.3 is 0 Å². The lowest BCUT2D eigenvalue weighted by molar-refractivity contribution is 0.303. The first-order valence-electron chi connectivity index (χ1n) is 10.4. The number of hydrogen-bond donors (Lipinski definition) is 1. The molecule has 0 radical (unpaired) electrons. The summed E-state index contributed by atoms with van der Waals surface area (Å²) in [6.07, 6.45) is 3.60. The second-order valence-corrected chi connectivity index (χ2v) is 8.15. The minimum atomic E-state index is 0.130. The maximum absolute atomic E-state index is 9.06. The highest BCUT2D eigenvalue weighted by molar-refractivity contribution is 6.30. The summed E-state index contributed by atoms with van der Waals surface area (Å²) in [7, 11) is 0. The van der Waals surface area contributed by atoms with E-state index in [-0.39, 0.29) is 5.76 Å². The molecule has 1 N–H and O–H groups in total. The minimum Gasteiger partial charge on any atom is -0.508 e. The molecular formula is C27H27ClN2O2. The Balaban J connectivity index is 0.000000207. The molecule has 0 unspecified atom stereocenters. The summed E-state index contributed by atoms with van der Waals surface area (Å²) in [4.78, 5) is 8.73. The molecule has 2 aromatic heterocycles. The van der Waals surface area contributed by atoms with Crippen molar-refractivity contribution in [3.63, 3.8) is 0 Å². The fourth-order valence-corrected chi connectivity index (χ4v) is 3.35. The van der Waals surface area contributed by atoms with E-state index in [2.05, 4.69) is 30.4 Å². The van der Waals surface area contributed by atoms with Crippen molar-refractivity contribution in [2.24, 2.45) is 0 Å². The predicted molar refractivity (Wildman–Crippen MR) is 132 cm³/mol. The van der Waals surface area contributed by atoms with E-state index in [1.165, 1.54) is 5.56 Å². The zero-order valence-corrected chi connectivity index (χ0v) is 19.3. The van der Waals surface area contributed by atoms with Crippen LogP contribution in [0, 0.1) is 6.92 Å². The van der Waals surface area contributed by atoms with Gasteiger partial charge in [0.05, 0.1) is 5.69 Å². The smallest absolute Gasteiger partial charge is 0.131 e. The number of nitrogens with zero attached hydrogens (tertiary/aromatic N) is 2. The van der Waals surface area contributed by atoms with Crippen molar-refractivity contribution >= 4 is 28.1 Å². The first-order chi connectivity index (χ1) is 15.3. The molecule has 5 heteroatoms. The number of pyridine rings is 2. The van der Waals surface area contributed by atoms with Crippen LogP contribution in [0.4, 0.5) is 0 Å². The van der Waals surface area contributed by atoms with Gasteiger partial charge in [-0.2, -0.15) is 0 Å². The van der Waals surface area contributed by atoms with Crippen LogP contribution in [0.2, 0.25) is 5.02 Å². The number of hydrogen-bond acceptors (Lipinski definition) is 4. The van der Waals surface area contributed by atoms with Crippen LogP contribution in [0.3, 0.4) is 0 Å². The van der Waals surface area contributed by atoms with Crippen molar-refractivity contribution in [2.45, 2.75) is 33.3 Å². The van der Waals surface area contributed by atoms with Gasteiger partial charge in [0.25, 0.3) is 0 Å². The molecule has 0 fully saturated rings. The van der Waals surface area contributed by atoms with Gasteiger partial charge in [-0.1, -0.05) is 56.3 Å². The summed E-state index contributed by atoms with van der Waals surface area (Å²) in [6.45, 7) is 10.1. The number of aromatic nitrogens is 2. The maximum Gasteiger partial charge on any atom is 0.131 e. The molecule has 4 rings (SSSR count). The molecule has 4 aromatic rings. The van der Waals surface area contributed by atoms with Gasteiger partial charge in [0.2, 0.25) is 0 Å². The Morgan fingerprint density at radius 3 is 2.19 bits per heavy atom. The average molecular weight is 447 g/mol. The topological polar surface area (TPSA) is 55.2 Å². The SMILES string of the molecule is C=C(O)c1ccc(C(C)C)cc1.Cc1nccc2ccnc(COc3ccc(Cl)cc3)c12. The third-order valence-electron chi connectivity index (χ3n) is 5.05. The van der Waals surface area contributed by atoms with Crippen LogP contribution in [0.25, 0.3) is 16.5 Å². The normalized spacial score (nSPS) is 10.5. The largest absolute Gasteiger partial charge is 0.508 e. The highest BCUT2D eigenvalue weighted by Crippen LogP contribution is 2.22. The summed E-state index contributed by atoms with van der Waals surface area (Å²) in [5, 5.41) is 11.9. The lowest BCUT2D eigenvalue weighted by Crippen LogP contribution is -2.00. The number of halogens is 1. The Bertz CT molecular complexity index is 1180. The number of benzene rings is 2. The van der Waals surface area contributed by atoms with E-state index in [1.54, 1.807) is 18.3 Å². The molecule has 0 spiro atoms. The maximum atomic E-state index is 9.06. The lowest BCUT2D eigenvalue weighted by Gasteiger charge is -2.09. The summed E-state index contributed by atoms with van der Waals surface area (Å²) in [5.41, 5.74) is 3.92. The average Bonchev–Trinajstić information content (AvgIpc) is 2.79. The minimum absolute atomic E-state index is 0.130. The number of aliphatic hydroxyl groups excluding tert-OH is 1. The number of fused-ring (bicyclic) bond motifs is 1. The van der Waals surface area contributed by atoms with Gasteiger partial charge < -0.3 is 9.84 Å². The van der Waals surface area contributed by atoms with Crippen molar-refractivity contribution in [1.29, 1.82) is 0 Å². The number of aliphatic hydroxyl groups is 1. The van der Waals surface area contributed by atoms with E-state index >= 15 is 0 Å². The molecule has 0 aliphatic rings. The molecule has 164 valence electrons. The molecule has 0 saturated heterocycles. The van der Waals surface area contributed by atoms with Crippen LogP contribution in [0.15, 0.2) is 79.6 Å². The standard InChI is InChI=1S/C16H13ClN2O.C11H14O/c1-11-16-12(6-8-18-11)7-9-19-15(16)10-20-14-4-2-13(17)3-5-14;1-8(2)10-4-6-11(7-5-10)9(3)12/h2-9H,10H2,1H3;4-8,12H,3H2,1-2H3. The molecule has 0 saturated carbocycles. The van der Waals surface area contributed by atoms with E-state index in [9.17, 15) is 0 Å². The predicted octanol–water partition coefficient (Wildman–Crippen LogP) is 7.51. The van der Waals surface area contributed by atoms with Gasteiger partial charge in [0.1, 0.15) is 18.1 Å². The van der Waals surface area contributed by atoms with Gasteiger partial charge in [0.15, 0.2) is 0 Å². The van der Waals surface area contributed by atoms with E-state index in [1.807, 2.05) is 61.7 Å². The Labute approximate surface area is 194 Å². The van der Waals surface area contributed by atoms with Crippen LogP contribution < -0.4 is 4.74 Å². The molecule has 0 atom stereocenters. The van der Waals surface area contributed by atoms with Crippen LogP contribution in [-0.2, 0) is 6.61 Å². The van der Waals surface area contributed by atoms with E-state index in [4.69, 9.17) is 21.4 Å². The van der Waals surface area contributed by atoms with Crippen molar-refractivity contribution in [3.05, 3.63) is 107 Å². The second-order valence-electron chi connectivity index (χ2n) is 7.72. The van der Waals surface area contributed by atoms with E-state index < -0.39 is 0 Å². The van der Waals surface area contributed by atoms with Crippen molar-refractivity contribution in [3.8, 4) is 5.75 Å². The first-order valence-corrected chi connectivity index (χ1v) is 10.8. The van der Waals surface area contributed by atoms with Gasteiger partial charge in [-0.25, -0.2) is 0 Å². The number of ether oxygens (including phenoxy) is 1. The van der Waals surface area contributed by atoms with Crippen LogP contribution in [0.1, 0.15) is 42.3 Å². The van der Waals surface area contributed by atoms with Gasteiger partial charge in [-0.3, -0.25) is 9.97 Å². The highest BCUT2D eigenvalue weighted by atomic mass is 35.5. The molecule has 0 aliphatic carbocycles. The Morgan fingerprint density at radius 2 is 1.59 bits per heavy atom. The van der Waals surface area contributed by atoms with E-state index in [0.717, 1.165) is 33.5 Å². The van der Waals surface area contributed by atoms with Crippen molar-refractivity contribution < 1.29 is 9.84 Å². The van der Waals surface area contributed by atoms with Gasteiger partial charge in [0, 0.05) is 34.1 Å². The lowest BCUT2D eigenvalue weighted by atomic mass is 10.0. The third kappa shape index (κ3) is 6.08. The van der Waals surface area contributed by atoms with Crippen LogP contribution in [0.5, 0.6) is 5.75 Å². The molecule has 2 aromatic carbocycles. The summed E-state index contributed by atoms with van der Waals surface area (Å²) in [6, 6.07) is 19.1. The Kier molecular flexibility index (Phi) is 7.85. The van der Waals surface area contributed by atoms with Gasteiger partial charge in [-0.05, 0) is 60.2 Å². The number of aryl methyl sites for hydroxylation is 1. The summed E-state index contributed by atoms with van der Waals surface area (Å²) < 4.78 is 5.76. The molecule has 0 bridgehead atoms. The zero-order valence-electron chi connectivity index (χ0n) is 18.5. The Morgan fingerprint density at radius 1 is 0.969 bits per heavy atom. The molecule has 0 amide bonds. The number of rotatable bonds is 5. The fraction of sp³-hybridized carbons (Fsp3) is 0.185. The molecule has 0 aliphatic heterocycles. The molecular weight excluding hydrogens is 420 g/mol. The quantitative estimate of drug-likeness (QED) is 0.322. The van der Waals surface area contributed by atoms with Crippen molar-refractivity contribution in [1.82, 2.24) is 9.97 Å². The zero-order chi connectivity index (χ0) is 23.1. The Hall–Kier alpha value is -3.37.